The Labute approximate surface area is 90.3 Å². The van der Waals surface area contributed by atoms with Gasteiger partial charge in [0.1, 0.15) is 0 Å². The Morgan fingerprint density at radius 1 is 1.47 bits per heavy atom. The van der Waals surface area contributed by atoms with Crippen molar-refractivity contribution in [3.05, 3.63) is 11.9 Å². The van der Waals surface area contributed by atoms with Crippen molar-refractivity contribution in [3.63, 3.8) is 0 Å². The van der Waals surface area contributed by atoms with Gasteiger partial charge in [0.2, 0.25) is 0 Å². The first kappa shape index (κ1) is 10.6. The smallest absolute Gasteiger partial charge is 0.0855 e. The minimum Gasteiger partial charge on any atom is -0.389 e. The van der Waals surface area contributed by atoms with Gasteiger partial charge >= 0.3 is 0 Å². The molecule has 1 saturated carbocycles. The molecule has 0 aromatic carbocycles. The Kier molecular flexibility index (Phi) is 2.34. The molecule has 0 aliphatic heterocycles. The quantitative estimate of drug-likeness (QED) is 0.798. The van der Waals surface area contributed by atoms with E-state index < -0.39 is 5.60 Å². The van der Waals surface area contributed by atoms with E-state index in [1.165, 1.54) is 0 Å². The van der Waals surface area contributed by atoms with Crippen molar-refractivity contribution in [3.8, 4) is 0 Å². The van der Waals surface area contributed by atoms with Crippen molar-refractivity contribution < 1.29 is 5.11 Å². The van der Waals surface area contributed by atoms with E-state index in [1.807, 2.05) is 13.2 Å². The third kappa shape index (κ3) is 1.78. The van der Waals surface area contributed by atoms with Crippen LogP contribution in [0.25, 0.3) is 0 Å². The minimum atomic E-state index is -0.608. The second-order valence-electron chi connectivity index (χ2n) is 5.33. The van der Waals surface area contributed by atoms with Crippen LogP contribution in [0.15, 0.2) is 6.20 Å². The molecule has 1 unspecified atom stereocenters. The molecule has 15 heavy (non-hydrogen) atoms. The summed E-state index contributed by atoms with van der Waals surface area (Å²) in [6.45, 7) is 4.27. The van der Waals surface area contributed by atoms with Crippen molar-refractivity contribution in [2.75, 3.05) is 0 Å². The first-order chi connectivity index (χ1) is 6.93. The second-order valence-corrected chi connectivity index (χ2v) is 5.33. The third-order valence-corrected chi connectivity index (χ3v) is 3.78. The molecule has 1 aromatic heterocycles. The number of aryl methyl sites for hydroxylation is 1. The maximum Gasteiger partial charge on any atom is 0.0855 e. The SMILES string of the molecule is Cn1cc(CC2(O)CCCC2(C)C)nn1. The number of aromatic nitrogens is 3. The number of hydrogen-bond acceptors (Lipinski definition) is 3. The van der Waals surface area contributed by atoms with E-state index in [2.05, 4.69) is 24.2 Å². The number of nitrogens with zero attached hydrogens (tertiary/aromatic N) is 3. The van der Waals surface area contributed by atoms with Gasteiger partial charge in [-0.25, -0.2) is 0 Å². The highest BCUT2D eigenvalue weighted by Gasteiger charge is 2.47. The summed E-state index contributed by atoms with van der Waals surface area (Å²) in [7, 11) is 1.85. The molecular weight excluding hydrogens is 190 g/mol. The van der Waals surface area contributed by atoms with E-state index >= 15 is 0 Å². The van der Waals surface area contributed by atoms with Crippen molar-refractivity contribution in [2.45, 2.75) is 45.1 Å². The van der Waals surface area contributed by atoms with Gasteiger partial charge in [0.15, 0.2) is 0 Å². The average molecular weight is 209 g/mol. The number of hydrogen-bond donors (Lipinski definition) is 1. The summed E-state index contributed by atoms with van der Waals surface area (Å²) in [4.78, 5) is 0. The summed E-state index contributed by atoms with van der Waals surface area (Å²) in [5.74, 6) is 0. The molecule has 1 fully saturated rings. The van der Waals surface area contributed by atoms with Gasteiger partial charge in [0, 0.05) is 19.7 Å². The summed E-state index contributed by atoms with van der Waals surface area (Å²) >= 11 is 0. The molecule has 1 N–H and O–H groups in total. The van der Waals surface area contributed by atoms with Crippen molar-refractivity contribution in [1.82, 2.24) is 15.0 Å². The van der Waals surface area contributed by atoms with Gasteiger partial charge in [-0.2, -0.15) is 0 Å². The zero-order valence-corrected chi connectivity index (χ0v) is 9.69. The molecular formula is C11H19N3O. The van der Waals surface area contributed by atoms with Crippen molar-refractivity contribution in [2.24, 2.45) is 12.5 Å². The molecule has 0 amide bonds. The van der Waals surface area contributed by atoms with Gasteiger partial charge < -0.3 is 5.11 Å². The van der Waals surface area contributed by atoms with Gasteiger partial charge in [-0.1, -0.05) is 19.1 Å². The van der Waals surface area contributed by atoms with Crippen LogP contribution in [0.5, 0.6) is 0 Å². The zero-order chi connectivity index (χ0) is 11.1. The Balaban J connectivity index is 2.17. The molecule has 2 rings (SSSR count). The van der Waals surface area contributed by atoms with Crippen LogP contribution in [0.1, 0.15) is 38.8 Å². The minimum absolute atomic E-state index is 0.00940. The fourth-order valence-electron chi connectivity index (χ4n) is 2.50. The Bertz CT molecular complexity index is 358. The standard InChI is InChI=1S/C11H19N3O/c1-10(2)5-4-6-11(10,15)7-9-8-14(3)13-12-9/h8,15H,4-7H2,1-3H3. The van der Waals surface area contributed by atoms with Gasteiger partial charge in [0.25, 0.3) is 0 Å². The summed E-state index contributed by atoms with van der Waals surface area (Å²) < 4.78 is 1.68. The molecule has 4 nitrogen and oxygen atoms in total. The first-order valence-corrected chi connectivity index (χ1v) is 5.51. The van der Waals surface area contributed by atoms with Crippen molar-refractivity contribution >= 4 is 0 Å². The highest BCUT2D eigenvalue weighted by atomic mass is 16.3. The van der Waals surface area contributed by atoms with Crippen LogP contribution in [0.4, 0.5) is 0 Å². The van der Waals surface area contributed by atoms with E-state index in [-0.39, 0.29) is 5.41 Å². The molecule has 0 spiro atoms. The Morgan fingerprint density at radius 2 is 2.20 bits per heavy atom. The highest BCUT2D eigenvalue weighted by molar-refractivity contribution is 5.07. The zero-order valence-electron chi connectivity index (χ0n) is 9.69. The van der Waals surface area contributed by atoms with E-state index in [9.17, 15) is 5.11 Å². The van der Waals surface area contributed by atoms with Crippen LogP contribution >= 0.6 is 0 Å². The average Bonchev–Trinajstić information content (AvgIpc) is 2.59. The lowest BCUT2D eigenvalue weighted by Gasteiger charge is -2.36. The predicted octanol–water partition coefficient (Wildman–Crippen LogP) is 1.30. The topological polar surface area (TPSA) is 50.9 Å². The lowest BCUT2D eigenvalue weighted by molar-refractivity contribution is -0.0426. The maximum atomic E-state index is 10.6. The second kappa shape index (κ2) is 3.30. The first-order valence-electron chi connectivity index (χ1n) is 5.51. The number of rotatable bonds is 2. The van der Waals surface area contributed by atoms with Crippen LogP contribution in [0.3, 0.4) is 0 Å². The third-order valence-electron chi connectivity index (χ3n) is 3.78. The van der Waals surface area contributed by atoms with E-state index in [1.54, 1.807) is 4.68 Å². The molecule has 0 bridgehead atoms. The molecule has 1 aliphatic carbocycles. The van der Waals surface area contributed by atoms with Gasteiger partial charge in [-0.05, 0) is 24.7 Å². The summed E-state index contributed by atoms with van der Waals surface area (Å²) in [5.41, 5.74) is 0.267. The summed E-state index contributed by atoms with van der Waals surface area (Å²) in [6, 6.07) is 0. The molecule has 4 heteroatoms. The van der Waals surface area contributed by atoms with Crippen molar-refractivity contribution in [1.29, 1.82) is 0 Å². The van der Waals surface area contributed by atoms with Crippen LogP contribution < -0.4 is 0 Å². The van der Waals surface area contributed by atoms with Crippen LogP contribution in [-0.2, 0) is 13.5 Å². The predicted molar refractivity (Wildman–Crippen MR) is 57.3 cm³/mol. The van der Waals surface area contributed by atoms with Gasteiger partial charge in [-0.15, -0.1) is 5.10 Å². The van der Waals surface area contributed by atoms with Gasteiger partial charge in [-0.3, -0.25) is 4.68 Å². The number of aliphatic hydroxyl groups is 1. The van der Waals surface area contributed by atoms with E-state index in [4.69, 9.17) is 0 Å². The molecule has 1 aromatic rings. The van der Waals surface area contributed by atoms with E-state index in [0.29, 0.717) is 6.42 Å². The maximum absolute atomic E-state index is 10.6. The van der Waals surface area contributed by atoms with E-state index in [0.717, 1.165) is 25.0 Å². The normalized spacial score (nSPS) is 29.6. The Morgan fingerprint density at radius 3 is 2.67 bits per heavy atom. The van der Waals surface area contributed by atoms with Crippen LogP contribution in [-0.4, -0.2) is 25.7 Å². The lowest BCUT2D eigenvalue weighted by atomic mass is 9.75. The molecule has 0 saturated heterocycles. The van der Waals surface area contributed by atoms with Crippen LogP contribution in [0, 0.1) is 5.41 Å². The van der Waals surface area contributed by atoms with Gasteiger partial charge in [0.05, 0.1) is 11.3 Å². The summed E-state index contributed by atoms with van der Waals surface area (Å²) in [6.07, 6.45) is 5.56. The molecule has 84 valence electrons. The highest BCUT2D eigenvalue weighted by Crippen LogP contribution is 2.47. The lowest BCUT2D eigenvalue weighted by Crippen LogP contribution is -2.41. The molecule has 1 aliphatic rings. The largest absolute Gasteiger partial charge is 0.389 e. The fraction of sp³-hybridized carbons (Fsp3) is 0.818. The van der Waals surface area contributed by atoms with Crippen LogP contribution in [0.2, 0.25) is 0 Å². The molecule has 1 heterocycles. The Hall–Kier alpha value is -0.900. The monoisotopic (exact) mass is 209 g/mol. The summed E-state index contributed by atoms with van der Waals surface area (Å²) in [5, 5.41) is 18.5. The molecule has 1 atom stereocenters. The molecule has 0 radical (unpaired) electrons. The fourth-order valence-corrected chi connectivity index (χ4v) is 2.50.